The highest BCUT2D eigenvalue weighted by molar-refractivity contribution is 6.03. The minimum atomic E-state index is -0.791. The average molecular weight is 413 g/mol. The number of benzene rings is 3. The second-order valence-electron chi connectivity index (χ2n) is 6.89. The molecule has 0 bridgehead atoms. The van der Waals surface area contributed by atoms with E-state index in [2.05, 4.69) is 10.4 Å². The molecule has 0 fully saturated rings. The quantitative estimate of drug-likeness (QED) is 0.506. The first-order valence-electron chi connectivity index (χ1n) is 9.64. The van der Waals surface area contributed by atoms with Crippen LogP contribution in [0.2, 0.25) is 0 Å². The van der Waals surface area contributed by atoms with Gasteiger partial charge in [-0.25, -0.2) is 4.79 Å². The van der Waals surface area contributed by atoms with Gasteiger partial charge >= 0.3 is 5.97 Å². The molecule has 0 aliphatic heterocycles. The van der Waals surface area contributed by atoms with Crippen molar-refractivity contribution < 1.29 is 14.3 Å². The summed E-state index contributed by atoms with van der Waals surface area (Å²) < 4.78 is 6.37. The molecule has 0 unspecified atom stereocenters. The van der Waals surface area contributed by atoms with E-state index < -0.39 is 18.5 Å². The molecule has 31 heavy (non-hydrogen) atoms. The number of hydrogen-bond acceptors (Lipinski definition) is 5. The molecule has 1 heterocycles. The smallest absolute Gasteiger partial charge is 0.359 e. The Hall–Kier alpha value is -4.26. The standard InChI is InChI=1S/C24H19N3O4/c1-16-9-5-8-14-20(16)25-21(28)15-31-24(30)22-18-12-6-7-13-19(18)23(29)27(26-22)17-10-3-2-4-11-17/h2-14H,15H2,1H3,(H,25,28). The number of para-hydroxylation sites is 2. The van der Waals surface area contributed by atoms with Crippen LogP contribution in [0.3, 0.4) is 0 Å². The fourth-order valence-corrected chi connectivity index (χ4v) is 3.18. The van der Waals surface area contributed by atoms with Gasteiger partial charge < -0.3 is 10.1 Å². The number of aromatic nitrogens is 2. The van der Waals surface area contributed by atoms with Crippen molar-refractivity contribution >= 4 is 28.3 Å². The summed E-state index contributed by atoms with van der Waals surface area (Å²) in [5.74, 6) is -1.26. The van der Waals surface area contributed by atoms with Crippen LogP contribution in [0.5, 0.6) is 0 Å². The van der Waals surface area contributed by atoms with Gasteiger partial charge in [0.2, 0.25) is 0 Å². The van der Waals surface area contributed by atoms with Gasteiger partial charge in [0, 0.05) is 11.1 Å². The van der Waals surface area contributed by atoms with Gasteiger partial charge in [0.05, 0.1) is 11.1 Å². The van der Waals surface area contributed by atoms with Crippen molar-refractivity contribution in [2.45, 2.75) is 6.92 Å². The van der Waals surface area contributed by atoms with Crippen molar-refractivity contribution in [3.05, 3.63) is 100 Å². The van der Waals surface area contributed by atoms with E-state index in [-0.39, 0.29) is 11.3 Å². The first-order chi connectivity index (χ1) is 15.0. The molecule has 1 aromatic heterocycles. The molecule has 0 radical (unpaired) electrons. The number of aryl methyl sites for hydroxylation is 1. The summed E-state index contributed by atoms with van der Waals surface area (Å²) in [5.41, 5.74) is 1.66. The number of fused-ring (bicyclic) bond motifs is 1. The summed E-state index contributed by atoms with van der Waals surface area (Å²) in [6, 6.07) is 22.8. The van der Waals surface area contributed by atoms with Gasteiger partial charge in [-0.3, -0.25) is 9.59 Å². The molecule has 4 aromatic rings. The van der Waals surface area contributed by atoms with Crippen molar-refractivity contribution in [2.24, 2.45) is 0 Å². The van der Waals surface area contributed by atoms with Crippen LogP contribution in [0.4, 0.5) is 5.69 Å². The molecule has 0 saturated carbocycles. The molecule has 1 N–H and O–H groups in total. The third-order valence-corrected chi connectivity index (χ3v) is 4.75. The van der Waals surface area contributed by atoms with Gasteiger partial charge in [0.1, 0.15) is 0 Å². The van der Waals surface area contributed by atoms with Gasteiger partial charge in [-0.2, -0.15) is 9.78 Å². The number of carbonyl (C=O) groups is 2. The third-order valence-electron chi connectivity index (χ3n) is 4.75. The predicted octanol–water partition coefficient (Wildman–Crippen LogP) is 3.49. The Morgan fingerprint density at radius 2 is 1.55 bits per heavy atom. The fraction of sp³-hybridized carbons (Fsp3) is 0.0833. The van der Waals surface area contributed by atoms with Crippen LogP contribution in [0.25, 0.3) is 16.5 Å². The summed E-state index contributed by atoms with van der Waals surface area (Å²) in [7, 11) is 0. The maximum Gasteiger partial charge on any atom is 0.359 e. The van der Waals surface area contributed by atoms with E-state index in [0.29, 0.717) is 22.1 Å². The van der Waals surface area contributed by atoms with Crippen LogP contribution in [0, 0.1) is 6.92 Å². The van der Waals surface area contributed by atoms with Crippen molar-refractivity contribution in [1.82, 2.24) is 9.78 Å². The molecular weight excluding hydrogens is 394 g/mol. The molecule has 0 atom stereocenters. The number of amides is 1. The van der Waals surface area contributed by atoms with Gasteiger partial charge in [0.25, 0.3) is 11.5 Å². The lowest BCUT2D eigenvalue weighted by Crippen LogP contribution is -2.26. The molecule has 4 rings (SSSR count). The van der Waals surface area contributed by atoms with E-state index in [9.17, 15) is 14.4 Å². The third kappa shape index (κ3) is 4.20. The Bertz CT molecular complexity index is 1330. The average Bonchev–Trinajstić information content (AvgIpc) is 2.80. The van der Waals surface area contributed by atoms with Crippen molar-refractivity contribution in [3.63, 3.8) is 0 Å². The van der Waals surface area contributed by atoms with E-state index >= 15 is 0 Å². The van der Waals surface area contributed by atoms with Gasteiger partial charge in [-0.05, 0) is 36.8 Å². The zero-order valence-electron chi connectivity index (χ0n) is 16.7. The summed E-state index contributed by atoms with van der Waals surface area (Å²) in [6.07, 6.45) is 0. The number of rotatable bonds is 5. The highest BCUT2D eigenvalue weighted by Crippen LogP contribution is 2.17. The van der Waals surface area contributed by atoms with Crippen LogP contribution >= 0.6 is 0 Å². The van der Waals surface area contributed by atoms with E-state index in [0.717, 1.165) is 10.2 Å². The number of hydrogen-bond donors (Lipinski definition) is 1. The number of anilines is 1. The Morgan fingerprint density at radius 1 is 0.903 bits per heavy atom. The summed E-state index contributed by atoms with van der Waals surface area (Å²) in [4.78, 5) is 37.9. The van der Waals surface area contributed by atoms with Gasteiger partial charge in [0.15, 0.2) is 12.3 Å². The normalized spacial score (nSPS) is 10.6. The molecule has 154 valence electrons. The lowest BCUT2D eigenvalue weighted by atomic mass is 10.1. The van der Waals surface area contributed by atoms with Crippen LogP contribution in [0.15, 0.2) is 83.7 Å². The molecule has 0 aliphatic rings. The maximum atomic E-state index is 12.9. The molecule has 7 nitrogen and oxygen atoms in total. The maximum absolute atomic E-state index is 12.9. The summed E-state index contributed by atoms with van der Waals surface area (Å²) in [5, 5.41) is 7.65. The molecule has 0 spiro atoms. The lowest BCUT2D eigenvalue weighted by Gasteiger charge is -2.11. The number of carbonyl (C=O) groups excluding carboxylic acids is 2. The monoisotopic (exact) mass is 413 g/mol. The van der Waals surface area contributed by atoms with Gasteiger partial charge in [-0.1, -0.05) is 54.6 Å². The molecular formula is C24H19N3O4. The summed E-state index contributed by atoms with van der Waals surface area (Å²) >= 11 is 0. The number of nitrogens with zero attached hydrogens (tertiary/aromatic N) is 2. The number of ether oxygens (including phenoxy) is 1. The Balaban J connectivity index is 1.62. The molecule has 1 amide bonds. The van der Waals surface area contributed by atoms with E-state index in [1.54, 1.807) is 60.7 Å². The number of nitrogens with one attached hydrogen (secondary N) is 1. The zero-order valence-corrected chi connectivity index (χ0v) is 16.7. The topological polar surface area (TPSA) is 90.3 Å². The Labute approximate surface area is 177 Å². The zero-order chi connectivity index (χ0) is 21.8. The molecule has 3 aromatic carbocycles. The van der Waals surface area contributed by atoms with Crippen molar-refractivity contribution in [1.29, 1.82) is 0 Å². The van der Waals surface area contributed by atoms with Crippen LogP contribution in [-0.2, 0) is 9.53 Å². The van der Waals surface area contributed by atoms with Crippen LogP contribution in [0.1, 0.15) is 16.1 Å². The first-order valence-corrected chi connectivity index (χ1v) is 9.64. The molecule has 0 saturated heterocycles. The second kappa shape index (κ2) is 8.62. The van der Waals surface area contributed by atoms with Crippen molar-refractivity contribution in [2.75, 3.05) is 11.9 Å². The first kappa shape index (κ1) is 20.0. The Kier molecular flexibility index (Phi) is 5.57. The minimum Gasteiger partial charge on any atom is -0.451 e. The highest BCUT2D eigenvalue weighted by atomic mass is 16.5. The molecule has 7 heteroatoms. The minimum absolute atomic E-state index is 0.0391. The summed E-state index contributed by atoms with van der Waals surface area (Å²) in [6.45, 7) is 1.39. The fourth-order valence-electron chi connectivity index (χ4n) is 3.18. The lowest BCUT2D eigenvalue weighted by molar-refractivity contribution is -0.119. The van der Waals surface area contributed by atoms with E-state index in [1.165, 1.54) is 0 Å². The van der Waals surface area contributed by atoms with Gasteiger partial charge in [-0.15, -0.1) is 0 Å². The van der Waals surface area contributed by atoms with E-state index in [1.807, 2.05) is 25.1 Å². The largest absolute Gasteiger partial charge is 0.451 e. The second-order valence-corrected chi connectivity index (χ2v) is 6.89. The van der Waals surface area contributed by atoms with Crippen LogP contribution in [-0.4, -0.2) is 28.3 Å². The van der Waals surface area contributed by atoms with Crippen LogP contribution < -0.4 is 10.9 Å². The Morgan fingerprint density at radius 3 is 2.29 bits per heavy atom. The van der Waals surface area contributed by atoms with E-state index in [4.69, 9.17) is 4.74 Å². The number of esters is 1. The molecule has 0 aliphatic carbocycles. The van der Waals surface area contributed by atoms with Crippen molar-refractivity contribution in [3.8, 4) is 5.69 Å². The SMILES string of the molecule is Cc1ccccc1NC(=O)COC(=O)c1nn(-c2ccccc2)c(=O)c2ccccc12. The predicted molar refractivity (Wildman–Crippen MR) is 117 cm³/mol. The highest BCUT2D eigenvalue weighted by Gasteiger charge is 2.19.